The quantitative estimate of drug-likeness (QED) is 0.785. The molecule has 0 saturated carbocycles. The second-order valence-electron chi connectivity index (χ2n) is 5.01. The summed E-state index contributed by atoms with van der Waals surface area (Å²) in [5.41, 5.74) is 0.537. The summed E-state index contributed by atoms with van der Waals surface area (Å²) in [5.74, 6) is 3.72. The first-order valence-corrected chi connectivity index (χ1v) is 7.08. The lowest BCUT2D eigenvalue weighted by Crippen LogP contribution is -2.36. The van der Waals surface area contributed by atoms with E-state index in [9.17, 15) is 4.79 Å². The molecule has 0 spiro atoms. The molecule has 2 atom stereocenters. The number of hydrogen-bond acceptors (Lipinski definition) is 3. The van der Waals surface area contributed by atoms with E-state index in [-0.39, 0.29) is 18.6 Å². The summed E-state index contributed by atoms with van der Waals surface area (Å²) in [6.07, 6.45) is 6.18. The van der Waals surface area contributed by atoms with Gasteiger partial charge in [-0.3, -0.25) is 4.79 Å². The Balaban J connectivity index is 2.84. The van der Waals surface area contributed by atoms with E-state index in [0.717, 1.165) is 6.42 Å². The van der Waals surface area contributed by atoms with Crippen molar-refractivity contribution in [3.8, 4) is 23.8 Å². The van der Waals surface area contributed by atoms with Gasteiger partial charge in [-0.2, -0.15) is 0 Å². The number of hydrogen-bond donors (Lipinski definition) is 1. The van der Waals surface area contributed by atoms with Crippen LogP contribution in [0.3, 0.4) is 0 Å². The number of amides is 1. The van der Waals surface area contributed by atoms with Gasteiger partial charge in [-0.05, 0) is 31.0 Å². The van der Waals surface area contributed by atoms with Crippen LogP contribution in [0.2, 0.25) is 0 Å². The Morgan fingerprint density at radius 1 is 1.38 bits per heavy atom. The number of terminal acetylenes is 1. The normalized spacial score (nSPS) is 12.9. The molecule has 2 unspecified atom stereocenters. The maximum absolute atomic E-state index is 12.2. The molecule has 4 nitrogen and oxygen atoms in total. The van der Waals surface area contributed by atoms with Crippen molar-refractivity contribution in [1.29, 1.82) is 0 Å². The minimum absolute atomic E-state index is 0.117. The molecule has 1 aromatic carbocycles. The monoisotopic (exact) mass is 289 g/mol. The van der Waals surface area contributed by atoms with Gasteiger partial charge in [0.2, 0.25) is 0 Å². The molecular weight excluding hydrogens is 266 g/mol. The summed E-state index contributed by atoms with van der Waals surface area (Å²) in [4.78, 5) is 12.2. The smallest absolute Gasteiger partial charge is 0.251 e. The zero-order valence-electron chi connectivity index (χ0n) is 13.1. The maximum atomic E-state index is 12.2. The predicted octanol–water partition coefficient (Wildman–Crippen LogP) is 2.87. The van der Waals surface area contributed by atoms with E-state index in [1.54, 1.807) is 18.2 Å². The fourth-order valence-electron chi connectivity index (χ4n) is 1.83. The molecule has 114 valence electrons. The van der Waals surface area contributed by atoms with Crippen LogP contribution in [0.4, 0.5) is 0 Å². The van der Waals surface area contributed by atoms with Crippen LogP contribution in [-0.2, 0) is 0 Å². The van der Waals surface area contributed by atoms with Gasteiger partial charge in [0.25, 0.3) is 5.91 Å². The van der Waals surface area contributed by atoms with Gasteiger partial charge < -0.3 is 14.8 Å². The molecule has 0 saturated heterocycles. The van der Waals surface area contributed by atoms with Crippen LogP contribution in [0, 0.1) is 18.3 Å². The van der Waals surface area contributed by atoms with Gasteiger partial charge >= 0.3 is 0 Å². The van der Waals surface area contributed by atoms with E-state index >= 15 is 0 Å². The van der Waals surface area contributed by atoms with Crippen molar-refractivity contribution in [3.05, 3.63) is 23.8 Å². The van der Waals surface area contributed by atoms with Gasteiger partial charge in [0.1, 0.15) is 6.61 Å². The molecule has 1 aromatic rings. The van der Waals surface area contributed by atoms with Crippen molar-refractivity contribution in [2.75, 3.05) is 13.7 Å². The summed E-state index contributed by atoms with van der Waals surface area (Å²) in [6.45, 7) is 6.39. The third-order valence-electron chi connectivity index (χ3n) is 3.59. The predicted molar refractivity (Wildman–Crippen MR) is 83.7 cm³/mol. The molecule has 0 heterocycles. The second-order valence-corrected chi connectivity index (χ2v) is 5.01. The lowest BCUT2D eigenvalue weighted by molar-refractivity contribution is 0.0927. The van der Waals surface area contributed by atoms with Gasteiger partial charge in [-0.1, -0.05) is 26.2 Å². The fraction of sp³-hybridized carbons (Fsp3) is 0.471. The molecule has 1 N–H and O–H groups in total. The highest BCUT2D eigenvalue weighted by Crippen LogP contribution is 2.28. The molecule has 0 aromatic heterocycles. The molecule has 0 radical (unpaired) electrons. The first-order valence-electron chi connectivity index (χ1n) is 7.08. The Morgan fingerprint density at radius 3 is 2.67 bits per heavy atom. The molecule has 1 rings (SSSR count). The molecule has 0 aliphatic rings. The number of nitrogens with one attached hydrogen (secondary N) is 1. The second kappa shape index (κ2) is 8.21. The minimum atomic E-state index is -0.121. The number of benzene rings is 1. The molecule has 0 bridgehead atoms. The first-order chi connectivity index (χ1) is 10.0. The molecule has 1 amide bonds. The third kappa shape index (κ3) is 4.71. The molecule has 21 heavy (non-hydrogen) atoms. The molecular formula is C17H23NO3. The van der Waals surface area contributed by atoms with Crippen molar-refractivity contribution in [1.82, 2.24) is 5.32 Å². The van der Waals surface area contributed by atoms with Crippen LogP contribution < -0.4 is 14.8 Å². The van der Waals surface area contributed by atoms with Crippen LogP contribution in [-0.4, -0.2) is 25.7 Å². The molecule has 0 fully saturated rings. The zero-order valence-corrected chi connectivity index (χ0v) is 13.1. The van der Waals surface area contributed by atoms with Crippen molar-refractivity contribution in [2.24, 2.45) is 5.92 Å². The van der Waals surface area contributed by atoms with Gasteiger partial charge in [-0.25, -0.2) is 0 Å². The van der Waals surface area contributed by atoms with E-state index in [4.69, 9.17) is 15.9 Å². The maximum Gasteiger partial charge on any atom is 0.251 e. The Labute approximate surface area is 126 Å². The first kappa shape index (κ1) is 16.9. The lowest BCUT2D eigenvalue weighted by Gasteiger charge is -2.20. The fourth-order valence-corrected chi connectivity index (χ4v) is 1.83. The summed E-state index contributed by atoms with van der Waals surface area (Å²) in [5, 5.41) is 2.99. The van der Waals surface area contributed by atoms with Crippen LogP contribution in [0.1, 0.15) is 37.6 Å². The Bertz CT molecular complexity index is 519. The zero-order chi connectivity index (χ0) is 15.8. The van der Waals surface area contributed by atoms with Gasteiger partial charge in [0.05, 0.1) is 7.11 Å². The van der Waals surface area contributed by atoms with Gasteiger partial charge in [0.15, 0.2) is 11.5 Å². The van der Waals surface area contributed by atoms with Crippen LogP contribution in [0.5, 0.6) is 11.5 Å². The van der Waals surface area contributed by atoms with E-state index in [0.29, 0.717) is 23.0 Å². The topological polar surface area (TPSA) is 47.6 Å². The average Bonchev–Trinajstić information content (AvgIpc) is 2.51. The van der Waals surface area contributed by atoms with Crippen molar-refractivity contribution < 1.29 is 14.3 Å². The van der Waals surface area contributed by atoms with Crippen molar-refractivity contribution >= 4 is 5.91 Å². The number of carbonyl (C=O) groups is 1. The average molecular weight is 289 g/mol. The summed E-state index contributed by atoms with van der Waals surface area (Å²) in [7, 11) is 1.53. The van der Waals surface area contributed by atoms with Gasteiger partial charge in [-0.15, -0.1) is 6.42 Å². The highest BCUT2D eigenvalue weighted by molar-refractivity contribution is 5.95. The highest BCUT2D eigenvalue weighted by atomic mass is 16.5. The molecule has 0 aliphatic carbocycles. The SMILES string of the molecule is C#CCOc1ccc(C(=O)NC(C)C(C)CC)cc1OC. The van der Waals surface area contributed by atoms with Crippen LogP contribution in [0.25, 0.3) is 0 Å². The van der Waals surface area contributed by atoms with E-state index in [1.165, 1.54) is 7.11 Å². The summed E-state index contributed by atoms with van der Waals surface area (Å²) < 4.78 is 10.6. The Hall–Kier alpha value is -2.15. The highest BCUT2D eigenvalue weighted by Gasteiger charge is 2.16. The van der Waals surface area contributed by atoms with Crippen LogP contribution >= 0.6 is 0 Å². The molecule has 0 aliphatic heterocycles. The Morgan fingerprint density at radius 2 is 2.10 bits per heavy atom. The van der Waals surface area contributed by atoms with E-state index < -0.39 is 0 Å². The standard InChI is InChI=1S/C17H23NO3/c1-6-10-21-15-9-8-14(11-16(15)20-5)17(19)18-13(4)12(3)7-2/h1,8-9,11-13H,7,10H2,2-5H3,(H,18,19). The number of rotatable bonds is 7. The summed E-state index contributed by atoms with van der Waals surface area (Å²) in [6, 6.07) is 5.17. The Kier molecular flexibility index (Phi) is 6.61. The van der Waals surface area contributed by atoms with Crippen molar-refractivity contribution in [3.63, 3.8) is 0 Å². The lowest BCUT2D eigenvalue weighted by atomic mass is 10.0. The molecule has 4 heteroatoms. The number of carbonyl (C=O) groups excluding carboxylic acids is 1. The van der Waals surface area contributed by atoms with Crippen LogP contribution in [0.15, 0.2) is 18.2 Å². The number of ether oxygens (including phenoxy) is 2. The van der Waals surface area contributed by atoms with Crippen molar-refractivity contribution in [2.45, 2.75) is 33.2 Å². The minimum Gasteiger partial charge on any atom is -0.493 e. The van der Waals surface area contributed by atoms with E-state index in [1.807, 2.05) is 6.92 Å². The largest absolute Gasteiger partial charge is 0.493 e. The van der Waals surface area contributed by atoms with Gasteiger partial charge in [0, 0.05) is 11.6 Å². The third-order valence-corrected chi connectivity index (χ3v) is 3.59. The summed E-state index contributed by atoms with van der Waals surface area (Å²) >= 11 is 0. The number of methoxy groups -OCH3 is 1. The van der Waals surface area contributed by atoms with E-state index in [2.05, 4.69) is 25.1 Å².